The van der Waals surface area contributed by atoms with Gasteiger partial charge in [-0.1, -0.05) is 6.07 Å². The van der Waals surface area contributed by atoms with Crippen LogP contribution < -0.4 is 0 Å². The number of hydrogen-bond donors (Lipinski definition) is 2. The first-order chi connectivity index (χ1) is 8.66. The summed E-state index contributed by atoms with van der Waals surface area (Å²) >= 11 is 0. The highest BCUT2D eigenvalue weighted by molar-refractivity contribution is 5.86. The lowest BCUT2D eigenvalue weighted by Gasteiger charge is -1.97. The molecule has 2 N–H and O–H groups in total. The molecule has 3 aromatic rings. The quantitative estimate of drug-likeness (QED) is 0.716. The average Bonchev–Trinajstić information content (AvgIpc) is 2.91. The molecule has 90 valence electrons. The van der Waals surface area contributed by atoms with E-state index >= 15 is 0 Å². The van der Waals surface area contributed by atoms with Gasteiger partial charge in [-0.05, 0) is 19.1 Å². The van der Waals surface area contributed by atoms with Crippen molar-refractivity contribution in [3.05, 3.63) is 41.9 Å². The predicted octanol–water partition coefficient (Wildman–Crippen LogP) is 1.73. The van der Waals surface area contributed by atoms with Gasteiger partial charge in [0.1, 0.15) is 17.0 Å². The molecule has 0 saturated heterocycles. The van der Waals surface area contributed by atoms with Crippen molar-refractivity contribution >= 4 is 11.6 Å². The van der Waals surface area contributed by atoms with Gasteiger partial charge in [0, 0.05) is 12.3 Å². The van der Waals surface area contributed by atoms with Crippen LogP contribution in [0.15, 0.2) is 30.5 Å². The number of fused-ring (bicyclic) bond motifs is 1. The van der Waals surface area contributed by atoms with E-state index in [0.29, 0.717) is 5.69 Å². The molecular weight excluding hydrogens is 232 g/mol. The molecule has 0 aliphatic heterocycles. The summed E-state index contributed by atoms with van der Waals surface area (Å²) in [5, 5.41) is 15.4. The fourth-order valence-corrected chi connectivity index (χ4v) is 1.97. The maximum Gasteiger partial charge on any atom is 0.353 e. The Kier molecular flexibility index (Phi) is 2.16. The molecule has 0 aliphatic carbocycles. The molecule has 0 aromatic carbocycles. The highest BCUT2D eigenvalue weighted by Crippen LogP contribution is 2.23. The summed E-state index contributed by atoms with van der Waals surface area (Å²) in [6.45, 7) is 1.87. The zero-order valence-corrected chi connectivity index (χ0v) is 9.58. The minimum Gasteiger partial charge on any atom is -0.477 e. The molecule has 0 saturated carbocycles. The Morgan fingerprint density at radius 2 is 2.28 bits per heavy atom. The summed E-state index contributed by atoms with van der Waals surface area (Å²) in [7, 11) is 0. The topological polar surface area (TPSA) is 83.3 Å². The second-order valence-corrected chi connectivity index (χ2v) is 3.95. The lowest BCUT2D eigenvalue weighted by Crippen LogP contribution is -1.95. The fourth-order valence-electron chi connectivity index (χ4n) is 1.97. The Balaban J connectivity index is 2.24. The van der Waals surface area contributed by atoms with Crippen LogP contribution in [0, 0.1) is 6.92 Å². The van der Waals surface area contributed by atoms with Gasteiger partial charge in [-0.3, -0.25) is 9.50 Å². The fraction of sp³-hybridized carbons (Fsp3) is 0.0833. The highest BCUT2D eigenvalue weighted by Gasteiger charge is 2.15. The number of carboxylic acids is 1. The molecule has 0 spiro atoms. The Bertz CT molecular complexity index is 741. The summed E-state index contributed by atoms with van der Waals surface area (Å²) in [6.07, 6.45) is 1.87. The summed E-state index contributed by atoms with van der Waals surface area (Å²) in [5.41, 5.74) is 3.06. The van der Waals surface area contributed by atoms with Gasteiger partial charge in [0.05, 0.1) is 11.4 Å². The molecule has 0 atom stereocenters. The first kappa shape index (κ1) is 10.5. The smallest absolute Gasteiger partial charge is 0.353 e. The zero-order valence-electron chi connectivity index (χ0n) is 9.58. The molecule has 6 nitrogen and oxygen atoms in total. The van der Waals surface area contributed by atoms with Gasteiger partial charge in [-0.25, -0.2) is 9.78 Å². The monoisotopic (exact) mass is 242 g/mol. The number of hydrogen-bond acceptors (Lipinski definition) is 3. The molecule has 18 heavy (non-hydrogen) atoms. The minimum absolute atomic E-state index is 0.0651. The van der Waals surface area contributed by atoms with Gasteiger partial charge in [0.15, 0.2) is 0 Å². The molecule has 0 amide bonds. The Hall–Kier alpha value is -2.63. The number of imidazole rings is 1. The maximum absolute atomic E-state index is 10.8. The van der Waals surface area contributed by atoms with Crippen LogP contribution in [0.25, 0.3) is 17.0 Å². The molecule has 0 fully saturated rings. The second kappa shape index (κ2) is 3.69. The lowest BCUT2D eigenvalue weighted by molar-refractivity contribution is 0.0690. The molecule has 6 heteroatoms. The molecule has 3 rings (SSSR count). The number of carboxylic acid groups (broad SMARTS) is 1. The van der Waals surface area contributed by atoms with E-state index in [1.165, 1.54) is 6.07 Å². The SMILES string of the molecule is Cc1nc2ccccn2c1-c1cc(C(=O)O)[nH]n1. The van der Waals surface area contributed by atoms with Crippen LogP contribution in [0.4, 0.5) is 0 Å². The number of carbonyl (C=O) groups is 1. The number of nitrogens with one attached hydrogen (secondary N) is 1. The molecule has 0 unspecified atom stereocenters. The Labute approximate surface area is 102 Å². The molecule has 0 radical (unpaired) electrons. The van der Waals surface area contributed by atoms with Crippen LogP contribution in [0.5, 0.6) is 0 Å². The van der Waals surface area contributed by atoms with E-state index in [-0.39, 0.29) is 5.69 Å². The van der Waals surface area contributed by atoms with Crippen molar-refractivity contribution in [3.8, 4) is 11.4 Å². The molecule has 3 aromatic heterocycles. The minimum atomic E-state index is -1.03. The van der Waals surface area contributed by atoms with Crippen molar-refractivity contribution in [2.75, 3.05) is 0 Å². The first-order valence-corrected chi connectivity index (χ1v) is 5.39. The van der Waals surface area contributed by atoms with E-state index in [9.17, 15) is 4.79 Å². The van der Waals surface area contributed by atoms with Crippen LogP contribution in [0.1, 0.15) is 16.2 Å². The van der Waals surface area contributed by atoms with Crippen molar-refractivity contribution in [1.82, 2.24) is 19.6 Å². The van der Waals surface area contributed by atoms with Crippen molar-refractivity contribution in [2.24, 2.45) is 0 Å². The normalized spacial score (nSPS) is 10.9. The van der Waals surface area contributed by atoms with Crippen molar-refractivity contribution in [1.29, 1.82) is 0 Å². The number of H-pyrrole nitrogens is 1. The van der Waals surface area contributed by atoms with Crippen LogP contribution in [-0.2, 0) is 0 Å². The van der Waals surface area contributed by atoms with Crippen LogP contribution in [0.3, 0.4) is 0 Å². The van der Waals surface area contributed by atoms with Crippen LogP contribution in [0.2, 0.25) is 0 Å². The van der Waals surface area contributed by atoms with Gasteiger partial charge < -0.3 is 5.11 Å². The number of aromatic nitrogens is 4. The molecule has 0 bridgehead atoms. The van der Waals surface area contributed by atoms with Crippen molar-refractivity contribution in [2.45, 2.75) is 6.92 Å². The molecule has 3 heterocycles. The van der Waals surface area contributed by atoms with E-state index in [0.717, 1.165) is 17.0 Å². The van der Waals surface area contributed by atoms with Crippen LogP contribution in [-0.4, -0.2) is 30.7 Å². The van der Waals surface area contributed by atoms with Gasteiger partial charge in [0.25, 0.3) is 0 Å². The second-order valence-electron chi connectivity index (χ2n) is 3.95. The van der Waals surface area contributed by atoms with Gasteiger partial charge in [-0.15, -0.1) is 0 Å². The van der Waals surface area contributed by atoms with E-state index < -0.39 is 5.97 Å². The predicted molar refractivity (Wildman–Crippen MR) is 64.5 cm³/mol. The number of aryl methyl sites for hydroxylation is 1. The molecule has 0 aliphatic rings. The maximum atomic E-state index is 10.8. The third kappa shape index (κ3) is 1.46. The van der Waals surface area contributed by atoms with E-state index in [4.69, 9.17) is 5.11 Å². The summed E-state index contributed by atoms with van der Waals surface area (Å²) < 4.78 is 1.89. The van der Waals surface area contributed by atoms with E-state index in [1.54, 1.807) is 0 Å². The summed E-state index contributed by atoms with van der Waals surface area (Å²) in [5.74, 6) is -1.03. The number of pyridine rings is 1. The Morgan fingerprint density at radius 3 is 3.00 bits per heavy atom. The highest BCUT2D eigenvalue weighted by atomic mass is 16.4. The van der Waals surface area contributed by atoms with Crippen molar-refractivity contribution < 1.29 is 9.90 Å². The third-order valence-corrected chi connectivity index (χ3v) is 2.76. The average molecular weight is 242 g/mol. The molecular formula is C12H10N4O2. The number of rotatable bonds is 2. The van der Waals surface area contributed by atoms with E-state index in [1.807, 2.05) is 35.7 Å². The van der Waals surface area contributed by atoms with Gasteiger partial charge in [0.2, 0.25) is 0 Å². The summed E-state index contributed by atoms with van der Waals surface area (Å²) in [6, 6.07) is 7.19. The van der Waals surface area contributed by atoms with Gasteiger partial charge >= 0.3 is 5.97 Å². The number of nitrogens with zero attached hydrogens (tertiary/aromatic N) is 3. The zero-order chi connectivity index (χ0) is 12.7. The standard InChI is InChI=1S/C12H10N4O2/c1-7-11(8-6-9(12(17)18)15-14-8)16-5-3-2-4-10(16)13-7/h2-6H,1H3,(H,14,15)(H,17,18). The van der Waals surface area contributed by atoms with E-state index in [2.05, 4.69) is 15.2 Å². The van der Waals surface area contributed by atoms with Gasteiger partial charge in [-0.2, -0.15) is 5.10 Å². The van der Waals surface area contributed by atoms with Crippen LogP contribution >= 0.6 is 0 Å². The Morgan fingerprint density at radius 1 is 1.44 bits per heavy atom. The number of aromatic amines is 1. The summed E-state index contributed by atoms with van der Waals surface area (Å²) in [4.78, 5) is 15.2. The van der Waals surface area contributed by atoms with Crippen molar-refractivity contribution in [3.63, 3.8) is 0 Å². The lowest BCUT2D eigenvalue weighted by atomic mass is 10.2. The first-order valence-electron chi connectivity index (χ1n) is 5.39. The third-order valence-electron chi connectivity index (χ3n) is 2.76. The largest absolute Gasteiger partial charge is 0.477 e. The number of aromatic carboxylic acids is 1.